The lowest BCUT2D eigenvalue weighted by molar-refractivity contribution is -0.0709. The molecule has 2 rings (SSSR count). The largest absolute Gasteiger partial charge is 0.493 e. The second-order valence-corrected chi connectivity index (χ2v) is 5.86. The molecular formula is C17H27NO2. The third kappa shape index (κ3) is 2.78. The first kappa shape index (κ1) is 15.2. The Morgan fingerprint density at radius 2 is 1.95 bits per heavy atom. The fourth-order valence-corrected chi connectivity index (χ4v) is 2.98. The van der Waals surface area contributed by atoms with Gasteiger partial charge in [0, 0.05) is 17.9 Å². The summed E-state index contributed by atoms with van der Waals surface area (Å²) in [5.41, 5.74) is 0.204. The molecule has 0 saturated heterocycles. The molecule has 20 heavy (non-hydrogen) atoms. The van der Waals surface area contributed by atoms with Gasteiger partial charge in [-0.3, -0.25) is 0 Å². The van der Waals surface area contributed by atoms with Crippen LogP contribution in [0.5, 0.6) is 11.5 Å². The number of methoxy groups -OCH3 is 1. The highest BCUT2D eigenvalue weighted by atomic mass is 16.5. The predicted molar refractivity (Wildman–Crippen MR) is 82.5 cm³/mol. The quantitative estimate of drug-likeness (QED) is 0.825. The molecule has 1 N–H and O–H groups in total. The molecule has 3 unspecified atom stereocenters. The zero-order valence-corrected chi connectivity index (χ0v) is 13.1. The van der Waals surface area contributed by atoms with Crippen molar-refractivity contribution in [2.45, 2.75) is 52.2 Å². The predicted octanol–water partition coefficient (Wildman–Crippen LogP) is 3.63. The monoisotopic (exact) mass is 277 g/mol. The van der Waals surface area contributed by atoms with Crippen LogP contribution in [-0.4, -0.2) is 25.8 Å². The highest BCUT2D eigenvalue weighted by Crippen LogP contribution is 2.47. The van der Waals surface area contributed by atoms with E-state index in [2.05, 4.69) is 26.1 Å². The molecule has 1 aliphatic carbocycles. The van der Waals surface area contributed by atoms with E-state index in [9.17, 15) is 0 Å². The molecule has 1 aromatic carbocycles. The first-order valence-electron chi connectivity index (χ1n) is 7.68. The Labute approximate surface area is 122 Å². The van der Waals surface area contributed by atoms with E-state index >= 15 is 0 Å². The molecular weight excluding hydrogens is 250 g/mol. The average molecular weight is 277 g/mol. The van der Waals surface area contributed by atoms with Crippen molar-refractivity contribution in [1.82, 2.24) is 5.32 Å². The molecule has 1 aliphatic rings. The molecule has 1 saturated carbocycles. The second kappa shape index (κ2) is 6.49. The third-order valence-corrected chi connectivity index (χ3v) is 4.72. The van der Waals surface area contributed by atoms with Crippen LogP contribution in [-0.2, 0) is 0 Å². The number of nitrogens with one attached hydrogen (secondary N) is 1. The van der Waals surface area contributed by atoms with Crippen molar-refractivity contribution in [2.75, 3.05) is 13.7 Å². The van der Waals surface area contributed by atoms with E-state index in [1.807, 2.05) is 24.3 Å². The Kier molecular flexibility index (Phi) is 4.92. The number of ether oxygens (including phenoxy) is 2. The van der Waals surface area contributed by atoms with Crippen molar-refractivity contribution < 1.29 is 9.47 Å². The topological polar surface area (TPSA) is 30.5 Å². The van der Waals surface area contributed by atoms with E-state index in [1.165, 1.54) is 6.42 Å². The summed E-state index contributed by atoms with van der Waals surface area (Å²) in [7, 11) is 1.69. The zero-order valence-electron chi connectivity index (χ0n) is 13.1. The Balaban J connectivity index is 2.03. The fourth-order valence-electron chi connectivity index (χ4n) is 2.98. The van der Waals surface area contributed by atoms with Gasteiger partial charge in [-0.05, 0) is 31.5 Å². The van der Waals surface area contributed by atoms with Crippen molar-refractivity contribution in [2.24, 2.45) is 5.41 Å². The summed E-state index contributed by atoms with van der Waals surface area (Å²) in [5.74, 6) is 1.67. The third-order valence-electron chi connectivity index (χ3n) is 4.72. The lowest BCUT2D eigenvalue weighted by atomic mass is 9.61. The Hall–Kier alpha value is -1.22. The molecule has 0 aliphatic heterocycles. The summed E-state index contributed by atoms with van der Waals surface area (Å²) in [6.07, 6.45) is 3.63. The van der Waals surface area contributed by atoms with Gasteiger partial charge in [0.1, 0.15) is 6.10 Å². The average Bonchev–Trinajstić information content (AvgIpc) is 2.49. The van der Waals surface area contributed by atoms with E-state index in [0.717, 1.165) is 30.9 Å². The van der Waals surface area contributed by atoms with Crippen molar-refractivity contribution in [1.29, 1.82) is 0 Å². The highest BCUT2D eigenvalue weighted by Gasteiger charge is 2.51. The normalized spacial score (nSPS) is 28.8. The van der Waals surface area contributed by atoms with Gasteiger partial charge < -0.3 is 14.8 Å². The number of rotatable bonds is 7. The van der Waals surface area contributed by atoms with Gasteiger partial charge in [-0.2, -0.15) is 0 Å². The molecule has 3 heteroatoms. The molecule has 0 spiro atoms. The number of hydrogen-bond donors (Lipinski definition) is 1. The van der Waals surface area contributed by atoms with Gasteiger partial charge in [0.15, 0.2) is 11.5 Å². The Bertz CT molecular complexity index is 435. The van der Waals surface area contributed by atoms with E-state index in [-0.39, 0.29) is 11.5 Å². The summed E-state index contributed by atoms with van der Waals surface area (Å²) in [6.45, 7) is 7.86. The van der Waals surface area contributed by atoms with Crippen LogP contribution in [0, 0.1) is 5.41 Å². The van der Waals surface area contributed by atoms with E-state index in [1.54, 1.807) is 7.11 Å². The molecule has 0 bridgehead atoms. The van der Waals surface area contributed by atoms with Crippen LogP contribution in [0.3, 0.4) is 0 Å². The maximum Gasteiger partial charge on any atom is 0.161 e. The number of benzene rings is 1. The SMILES string of the molecule is CCCNC1CC(Oc2ccccc2OC)C1(C)CC. The van der Waals surface area contributed by atoms with Gasteiger partial charge in [-0.1, -0.05) is 32.9 Å². The minimum atomic E-state index is 0.204. The summed E-state index contributed by atoms with van der Waals surface area (Å²) >= 11 is 0. The molecule has 1 aromatic rings. The molecule has 0 heterocycles. The van der Waals surface area contributed by atoms with Gasteiger partial charge in [0.05, 0.1) is 7.11 Å². The maximum atomic E-state index is 6.22. The van der Waals surface area contributed by atoms with Crippen molar-refractivity contribution in [3.05, 3.63) is 24.3 Å². The second-order valence-electron chi connectivity index (χ2n) is 5.86. The smallest absolute Gasteiger partial charge is 0.161 e. The Morgan fingerprint density at radius 1 is 1.25 bits per heavy atom. The van der Waals surface area contributed by atoms with Gasteiger partial charge >= 0.3 is 0 Å². The first-order valence-corrected chi connectivity index (χ1v) is 7.68. The number of hydrogen-bond acceptors (Lipinski definition) is 3. The van der Waals surface area contributed by atoms with Crippen molar-refractivity contribution in [3.8, 4) is 11.5 Å². The van der Waals surface area contributed by atoms with Crippen LogP contribution in [0.4, 0.5) is 0 Å². The molecule has 0 radical (unpaired) electrons. The van der Waals surface area contributed by atoms with Crippen LogP contribution in [0.15, 0.2) is 24.3 Å². The van der Waals surface area contributed by atoms with Crippen LogP contribution in [0.25, 0.3) is 0 Å². The van der Waals surface area contributed by atoms with Gasteiger partial charge in [-0.25, -0.2) is 0 Å². The van der Waals surface area contributed by atoms with Crippen molar-refractivity contribution in [3.63, 3.8) is 0 Å². The summed E-state index contributed by atoms with van der Waals surface area (Å²) in [5, 5.41) is 3.64. The van der Waals surface area contributed by atoms with E-state index < -0.39 is 0 Å². The molecule has 0 amide bonds. The minimum absolute atomic E-state index is 0.204. The molecule has 112 valence electrons. The van der Waals surface area contributed by atoms with Crippen LogP contribution in [0.2, 0.25) is 0 Å². The first-order chi connectivity index (χ1) is 9.65. The number of para-hydroxylation sites is 2. The molecule has 3 atom stereocenters. The van der Waals surface area contributed by atoms with Crippen molar-refractivity contribution >= 4 is 0 Å². The molecule has 3 nitrogen and oxygen atoms in total. The highest BCUT2D eigenvalue weighted by molar-refractivity contribution is 5.39. The molecule has 1 fully saturated rings. The lowest BCUT2D eigenvalue weighted by Crippen LogP contribution is -2.63. The van der Waals surface area contributed by atoms with Crippen LogP contribution in [0.1, 0.15) is 40.0 Å². The fraction of sp³-hybridized carbons (Fsp3) is 0.647. The molecule has 0 aromatic heterocycles. The van der Waals surface area contributed by atoms with E-state index in [0.29, 0.717) is 6.04 Å². The zero-order chi connectivity index (χ0) is 14.6. The van der Waals surface area contributed by atoms with Gasteiger partial charge in [-0.15, -0.1) is 0 Å². The summed E-state index contributed by atoms with van der Waals surface area (Å²) < 4.78 is 11.6. The Morgan fingerprint density at radius 3 is 2.55 bits per heavy atom. The standard InChI is InChI=1S/C17H27NO2/c1-5-11-18-15-12-16(17(15,3)6-2)20-14-10-8-7-9-13(14)19-4/h7-10,15-16,18H,5-6,11-12H2,1-4H3. The lowest BCUT2D eigenvalue weighted by Gasteiger charge is -2.53. The summed E-state index contributed by atoms with van der Waals surface area (Å²) in [6, 6.07) is 8.46. The maximum absolute atomic E-state index is 6.22. The minimum Gasteiger partial charge on any atom is -0.493 e. The van der Waals surface area contributed by atoms with Crippen LogP contribution < -0.4 is 14.8 Å². The van der Waals surface area contributed by atoms with Gasteiger partial charge in [0.25, 0.3) is 0 Å². The summed E-state index contributed by atoms with van der Waals surface area (Å²) in [4.78, 5) is 0. The van der Waals surface area contributed by atoms with Gasteiger partial charge in [0.2, 0.25) is 0 Å². The van der Waals surface area contributed by atoms with Crippen LogP contribution >= 0.6 is 0 Å². The van der Waals surface area contributed by atoms with E-state index in [4.69, 9.17) is 9.47 Å².